The summed E-state index contributed by atoms with van der Waals surface area (Å²) in [5.41, 5.74) is 13.0. The van der Waals surface area contributed by atoms with Gasteiger partial charge in [-0.3, -0.25) is 4.90 Å². The number of nitrogens with zero attached hydrogens (tertiary/aromatic N) is 7. The van der Waals surface area contributed by atoms with E-state index >= 15 is 0 Å². The van der Waals surface area contributed by atoms with Gasteiger partial charge < -0.3 is 26.4 Å². The molecule has 0 bridgehead atoms. The molecular weight excluding hydrogens is 439 g/mol. The molecule has 3 aromatic rings. The van der Waals surface area contributed by atoms with E-state index in [1.165, 1.54) is 19.2 Å². The second-order valence-electron chi connectivity index (χ2n) is 8.00. The molecule has 3 heterocycles. The van der Waals surface area contributed by atoms with Crippen LogP contribution in [0.5, 0.6) is 5.75 Å². The summed E-state index contributed by atoms with van der Waals surface area (Å²) in [6.07, 6.45) is 3.84. The molecule has 1 atom stereocenters. The van der Waals surface area contributed by atoms with Gasteiger partial charge in [0.1, 0.15) is 0 Å². The number of nitrogen functional groups attached to an aromatic ring is 2. The Labute approximate surface area is 197 Å². The molecule has 0 aliphatic carbocycles. The number of benzene rings is 1. The number of likely N-dealkylation sites (N-methyl/N-ethyl adjacent to an activating group) is 1. The molecule has 5 N–H and O–H groups in total. The number of nitrogens with one attached hydrogen (secondary N) is 1. The minimum Gasteiger partial charge on any atom is -0.494 e. The highest BCUT2D eigenvalue weighted by Crippen LogP contribution is 2.25. The predicted octanol–water partition coefficient (Wildman–Crippen LogP) is 2.21. The summed E-state index contributed by atoms with van der Waals surface area (Å²) in [5.74, 6) is 0.495. The van der Waals surface area contributed by atoms with E-state index in [9.17, 15) is 4.39 Å². The first kappa shape index (κ1) is 23.4. The fraction of sp³-hybridized carbons (Fsp3) is 0.409. The van der Waals surface area contributed by atoms with Gasteiger partial charge in [-0.2, -0.15) is 15.0 Å². The molecule has 1 aromatic carbocycles. The smallest absolute Gasteiger partial charge is 0.233 e. The monoisotopic (exact) mass is 468 g/mol. The summed E-state index contributed by atoms with van der Waals surface area (Å²) in [7, 11) is 1.41. The van der Waals surface area contributed by atoms with Gasteiger partial charge in [0.15, 0.2) is 11.6 Å². The molecule has 180 valence electrons. The highest BCUT2D eigenvalue weighted by Gasteiger charge is 2.27. The van der Waals surface area contributed by atoms with Crippen LogP contribution in [0.15, 0.2) is 30.5 Å². The third-order valence-corrected chi connectivity index (χ3v) is 5.75. The maximum absolute atomic E-state index is 14.1. The Bertz CT molecular complexity index is 1130. The Balaban J connectivity index is 1.63. The van der Waals surface area contributed by atoms with Crippen LogP contribution >= 0.6 is 0 Å². The number of hydrogen-bond acceptors (Lipinski definition) is 11. The Morgan fingerprint density at radius 2 is 2.03 bits per heavy atom. The van der Waals surface area contributed by atoms with Crippen molar-refractivity contribution in [1.29, 1.82) is 0 Å². The number of aromatic nitrogens is 5. The first-order chi connectivity index (χ1) is 16.4. The Kier molecular flexibility index (Phi) is 7.16. The van der Waals surface area contributed by atoms with Crippen LogP contribution in [0.25, 0.3) is 0 Å². The molecule has 1 fully saturated rings. The number of hydrogen-bond donors (Lipinski definition) is 3. The molecule has 0 spiro atoms. The average Bonchev–Trinajstić information content (AvgIpc) is 3.25. The van der Waals surface area contributed by atoms with E-state index in [0.717, 1.165) is 31.6 Å². The lowest BCUT2D eigenvalue weighted by atomic mass is 10.2. The highest BCUT2D eigenvalue weighted by molar-refractivity contribution is 5.57. The van der Waals surface area contributed by atoms with Gasteiger partial charge in [-0.15, -0.1) is 0 Å². The third-order valence-electron chi connectivity index (χ3n) is 5.75. The van der Waals surface area contributed by atoms with Crippen molar-refractivity contribution in [3.05, 3.63) is 42.0 Å². The third kappa shape index (κ3) is 5.57. The van der Waals surface area contributed by atoms with E-state index in [4.69, 9.17) is 16.2 Å². The van der Waals surface area contributed by atoms with E-state index < -0.39 is 5.82 Å². The number of rotatable bonds is 9. The first-order valence-electron chi connectivity index (χ1n) is 11.1. The molecule has 2 aromatic heterocycles. The number of likely N-dealkylation sites (tertiary alicyclic amines) is 1. The van der Waals surface area contributed by atoms with Crippen molar-refractivity contribution in [2.24, 2.45) is 0 Å². The molecule has 1 unspecified atom stereocenters. The Morgan fingerprint density at radius 1 is 1.18 bits per heavy atom. The van der Waals surface area contributed by atoms with Crippen LogP contribution in [-0.4, -0.2) is 62.6 Å². The molecule has 1 aliphatic rings. The maximum Gasteiger partial charge on any atom is 0.233 e. The lowest BCUT2D eigenvalue weighted by Crippen LogP contribution is -2.41. The van der Waals surface area contributed by atoms with Crippen LogP contribution in [0.3, 0.4) is 0 Å². The Morgan fingerprint density at radius 3 is 2.76 bits per heavy atom. The van der Waals surface area contributed by atoms with E-state index in [0.29, 0.717) is 30.8 Å². The van der Waals surface area contributed by atoms with E-state index in [-0.39, 0.29) is 23.6 Å². The van der Waals surface area contributed by atoms with Gasteiger partial charge in [-0.1, -0.05) is 6.92 Å². The SMILES string of the molecule is CCN1CCCC1CN(Cc1ccnc(N)n1)c1nc(N)nc(Nc2ccc(OC)c(F)c2)n1. The summed E-state index contributed by atoms with van der Waals surface area (Å²) in [4.78, 5) is 25.9. The fourth-order valence-corrected chi connectivity index (χ4v) is 4.14. The molecule has 0 amide bonds. The molecule has 0 saturated carbocycles. The van der Waals surface area contributed by atoms with Crippen LogP contribution in [0, 0.1) is 5.82 Å². The van der Waals surface area contributed by atoms with Gasteiger partial charge in [0.05, 0.1) is 19.3 Å². The van der Waals surface area contributed by atoms with Gasteiger partial charge in [-0.25, -0.2) is 14.4 Å². The first-order valence-corrected chi connectivity index (χ1v) is 11.1. The maximum atomic E-state index is 14.1. The van der Waals surface area contributed by atoms with Crippen molar-refractivity contribution in [2.45, 2.75) is 32.4 Å². The number of methoxy groups -OCH3 is 1. The van der Waals surface area contributed by atoms with Crippen molar-refractivity contribution < 1.29 is 9.13 Å². The number of nitrogens with two attached hydrogens (primary N) is 2. The average molecular weight is 469 g/mol. The van der Waals surface area contributed by atoms with Crippen LogP contribution in [0.4, 0.5) is 33.9 Å². The van der Waals surface area contributed by atoms with Crippen molar-refractivity contribution in [2.75, 3.05) is 48.4 Å². The van der Waals surface area contributed by atoms with Crippen LogP contribution in [0.1, 0.15) is 25.5 Å². The van der Waals surface area contributed by atoms with Crippen LogP contribution in [-0.2, 0) is 6.54 Å². The molecule has 34 heavy (non-hydrogen) atoms. The van der Waals surface area contributed by atoms with Gasteiger partial charge in [0.25, 0.3) is 0 Å². The predicted molar refractivity (Wildman–Crippen MR) is 128 cm³/mol. The molecule has 12 heteroatoms. The van der Waals surface area contributed by atoms with Crippen LogP contribution < -0.4 is 26.4 Å². The fourth-order valence-electron chi connectivity index (χ4n) is 4.14. The van der Waals surface area contributed by atoms with Gasteiger partial charge in [0, 0.05) is 30.5 Å². The zero-order chi connectivity index (χ0) is 24.1. The lowest BCUT2D eigenvalue weighted by molar-refractivity contribution is 0.267. The zero-order valence-electron chi connectivity index (χ0n) is 19.3. The normalized spacial score (nSPS) is 15.9. The van der Waals surface area contributed by atoms with Gasteiger partial charge >= 0.3 is 0 Å². The van der Waals surface area contributed by atoms with E-state index in [1.54, 1.807) is 18.3 Å². The number of anilines is 5. The summed E-state index contributed by atoms with van der Waals surface area (Å²) in [5, 5.41) is 3.00. The second-order valence-corrected chi connectivity index (χ2v) is 8.00. The molecule has 11 nitrogen and oxygen atoms in total. The number of ether oxygens (including phenoxy) is 1. The topological polar surface area (TPSA) is 144 Å². The number of halogens is 1. The molecule has 1 aliphatic heterocycles. The van der Waals surface area contributed by atoms with Crippen molar-refractivity contribution >= 4 is 29.5 Å². The molecule has 0 radical (unpaired) electrons. The summed E-state index contributed by atoms with van der Waals surface area (Å²) in [6.45, 7) is 5.28. The zero-order valence-corrected chi connectivity index (χ0v) is 19.3. The second kappa shape index (κ2) is 10.4. The Hall–Kier alpha value is -3.80. The van der Waals surface area contributed by atoms with Gasteiger partial charge in [0.2, 0.25) is 23.8 Å². The summed E-state index contributed by atoms with van der Waals surface area (Å²) in [6, 6.07) is 6.64. The van der Waals surface area contributed by atoms with Crippen molar-refractivity contribution in [3.63, 3.8) is 0 Å². The molecule has 1 saturated heterocycles. The minimum atomic E-state index is -0.501. The minimum absolute atomic E-state index is 0.0486. The quantitative estimate of drug-likeness (QED) is 0.425. The van der Waals surface area contributed by atoms with Crippen molar-refractivity contribution in [3.8, 4) is 5.75 Å². The standard InChI is InChI=1S/C22H29FN10O/c1-3-32-10-4-5-16(32)13-33(12-15-8-9-26-19(24)27-15)22-30-20(25)29-21(31-22)28-14-6-7-18(34-2)17(23)11-14/h6-9,11,16H,3-5,10,12-13H2,1-2H3,(H2,24,26,27)(H3,25,28,29,30,31). The lowest BCUT2D eigenvalue weighted by Gasteiger charge is -2.30. The van der Waals surface area contributed by atoms with E-state index in [2.05, 4.69) is 42.1 Å². The summed E-state index contributed by atoms with van der Waals surface area (Å²) >= 11 is 0. The molecule has 4 rings (SSSR count). The van der Waals surface area contributed by atoms with Crippen molar-refractivity contribution in [1.82, 2.24) is 29.8 Å². The largest absolute Gasteiger partial charge is 0.494 e. The van der Waals surface area contributed by atoms with E-state index in [1.807, 2.05) is 4.90 Å². The van der Waals surface area contributed by atoms with Gasteiger partial charge in [-0.05, 0) is 44.1 Å². The highest BCUT2D eigenvalue weighted by atomic mass is 19.1. The van der Waals surface area contributed by atoms with Crippen LogP contribution in [0.2, 0.25) is 0 Å². The molecular formula is C22H29FN10O. The summed E-state index contributed by atoms with van der Waals surface area (Å²) < 4.78 is 19.1.